The minimum absolute atomic E-state index is 0.561. The highest BCUT2D eigenvalue weighted by molar-refractivity contribution is 7.99. The average molecular weight is 256 g/mol. The van der Waals surface area contributed by atoms with Crippen LogP contribution in [0.2, 0.25) is 0 Å². The van der Waals surface area contributed by atoms with E-state index in [9.17, 15) is 0 Å². The predicted octanol–water partition coefficient (Wildman–Crippen LogP) is 3.75. The topological polar surface area (TPSA) is 35.8 Å². The molecule has 1 heterocycles. The van der Waals surface area contributed by atoms with Crippen LogP contribution < -0.4 is 4.90 Å². The second-order valence-corrected chi connectivity index (χ2v) is 5.03. The van der Waals surface area contributed by atoms with Gasteiger partial charge in [-0.25, -0.2) is 0 Å². The molecular weight excluding hydrogens is 244 g/mol. The summed E-state index contributed by atoms with van der Waals surface area (Å²) in [4.78, 5) is 4.60. The van der Waals surface area contributed by atoms with Gasteiger partial charge in [0.15, 0.2) is 0 Å². The lowest BCUT2D eigenvalue weighted by atomic mass is 10.2. The quantitative estimate of drug-likeness (QED) is 0.505. The standard InChI is InChI=1S/C14H12N2OS/c17-15-9-10-16-11-5-1-3-7-13(11)18-14-8-4-2-6-12(14)16/h1-9,17H,10H2/b15-9+. The zero-order valence-electron chi connectivity index (χ0n) is 9.65. The van der Waals surface area contributed by atoms with Crippen LogP contribution in [0.15, 0.2) is 63.5 Å². The molecule has 0 amide bonds. The van der Waals surface area contributed by atoms with E-state index in [-0.39, 0.29) is 0 Å². The molecule has 0 fully saturated rings. The van der Waals surface area contributed by atoms with Crippen molar-refractivity contribution in [2.24, 2.45) is 5.16 Å². The highest BCUT2D eigenvalue weighted by Gasteiger charge is 2.21. The Kier molecular flexibility index (Phi) is 2.94. The first kappa shape index (κ1) is 11.2. The summed E-state index contributed by atoms with van der Waals surface area (Å²) in [6.07, 6.45) is 1.50. The maximum Gasteiger partial charge on any atom is 0.0633 e. The molecule has 3 rings (SSSR count). The van der Waals surface area contributed by atoms with Gasteiger partial charge in [0.1, 0.15) is 0 Å². The summed E-state index contributed by atoms with van der Waals surface area (Å²) in [5, 5.41) is 11.7. The average Bonchev–Trinajstić information content (AvgIpc) is 2.43. The van der Waals surface area contributed by atoms with E-state index in [1.165, 1.54) is 16.0 Å². The maximum atomic E-state index is 8.63. The second kappa shape index (κ2) is 4.74. The van der Waals surface area contributed by atoms with Crippen molar-refractivity contribution in [1.82, 2.24) is 0 Å². The summed E-state index contributed by atoms with van der Waals surface area (Å²) in [7, 11) is 0. The summed E-state index contributed by atoms with van der Waals surface area (Å²) >= 11 is 1.77. The normalized spacial score (nSPS) is 13.4. The van der Waals surface area contributed by atoms with Gasteiger partial charge in [0, 0.05) is 9.79 Å². The van der Waals surface area contributed by atoms with Gasteiger partial charge in [-0.3, -0.25) is 0 Å². The Bertz CT molecular complexity index is 552. The number of benzene rings is 2. The minimum Gasteiger partial charge on any atom is -0.411 e. The smallest absolute Gasteiger partial charge is 0.0633 e. The highest BCUT2D eigenvalue weighted by atomic mass is 32.2. The molecule has 0 saturated heterocycles. The molecule has 3 nitrogen and oxygen atoms in total. The van der Waals surface area contributed by atoms with Crippen molar-refractivity contribution >= 4 is 29.4 Å². The van der Waals surface area contributed by atoms with Crippen LogP contribution in [0.25, 0.3) is 0 Å². The third kappa shape index (κ3) is 1.84. The predicted molar refractivity (Wildman–Crippen MR) is 74.3 cm³/mol. The van der Waals surface area contributed by atoms with Crippen LogP contribution in [0.3, 0.4) is 0 Å². The first-order valence-corrected chi connectivity index (χ1v) is 6.51. The van der Waals surface area contributed by atoms with Crippen LogP contribution >= 0.6 is 11.8 Å². The summed E-state index contributed by atoms with van der Waals surface area (Å²) in [5.74, 6) is 0. The third-order valence-electron chi connectivity index (χ3n) is 2.88. The van der Waals surface area contributed by atoms with E-state index in [0.717, 1.165) is 11.4 Å². The number of nitrogens with zero attached hydrogens (tertiary/aromatic N) is 2. The van der Waals surface area contributed by atoms with Crippen LogP contribution in [0.4, 0.5) is 11.4 Å². The summed E-state index contributed by atoms with van der Waals surface area (Å²) in [6.45, 7) is 0.561. The Morgan fingerprint density at radius 3 is 2.11 bits per heavy atom. The van der Waals surface area contributed by atoms with Gasteiger partial charge in [0.2, 0.25) is 0 Å². The molecule has 0 unspecified atom stereocenters. The lowest BCUT2D eigenvalue weighted by Gasteiger charge is -2.31. The molecule has 2 aromatic rings. The first-order valence-electron chi connectivity index (χ1n) is 5.69. The van der Waals surface area contributed by atoms with E-state index in [1.54, 1.807) is 11.8 Å². The molecule has 90 valence electrons. The van der Waals surface area contributed by atoms with Crippen LogP contribution in [0, 0.1) is 0 Å². The second-order valence-electron chi connectivity index (χ2n) is 3.95. The van der Waals surface area contributed by atoms with E-state index in [0.29, 0.717) is 6.54 Å². The molecule has 0 radical (unpaired) electrons. The van der Waals surface area contributed by atoms with Crippen molar-refractivity contribution in [3.63, 3.8) is 0 Å². The Hall–Kier alpha value is -1.94. The molecular formula is C14H12N2OS. The number of fused-ring (bicyclic) bond motifs is 2. The lowest BCUT2D eigenvalue weighted by Crippen LogP contribution is -2.22. The number of oxime groups is 1. The molecule has 0 atom stereocenters. The monoisotopic (exact) mass is 256 g/mol. The van der Waals surface area contributed by atoms with Crippen molar-refractivity contribution in [3.8, 4) is 0 Å². The fourth-order valence-electron chi connectivity index (χ4n) is 2.10. The zero-order chi connectivity index (χ0) is 12.4. The van der Waals surface area contributed by atoms with Crippen molar-refractivity contribution in [2.45, 2.75) is 9.79 Å². The maximum absolute atomic E-state index is 8.63. The molecule has 0 aromatic heterocycles. The Morgan fingerprint density at radius 2 is 1.56 bits per heavy atom. The SMILES string of the molecule is O/N=C/CN1c2ccccc2Sc2ccccc21. The van der Waals surface area contributed by atoms with Crippen molar-refractivity contribution in [3.05, 3.63) is 48.5 Å². The van der Waals surface area contributed by atoms with Crippen LogP contribution in [0.1, 0.15) is 0 Å². The number of anilines is 2. The van der Waals surface area contributed by atoms with Gasteiger partial charge in [0.05, 0.1) is 24.1 Å². The molecule has 0 bridgehead atoms. The van der Waals surface area contributed by atoms with E-state index in [4.69, 9.17) is 5.21 Å². The van der Waals surface area contributed by atoms with E-state index >= 15 is 0 Å². The van der Waals surface area contributed by atoms with Gasteiger partial charge in [-0.2, -0.15) is 0 Å². The Balaban J connectivity index is 2.11. The summed E-state index contributed by atoms with van der Waals surface area (Å²) in [5.41, 5.74) is 2.31. The van der Waals surface area contributed by atoms with E-state index in [2.05, 4.69) is 34.3 Å². The van der Waals surface area contributed by atoms with Crippen LogP contribution in [0.5, 0.6) is 0 Å². The Morgan fingerprint density at radius 1 is 1.00 bits per heavy atom. The Labute approximate surface area is 110 Å². The minimum atomic E-state index is 0.561. The third-order valence-corrected chi connectivity index (χ3v) is 4.01. The molecule has 4 heteroatoms. The van der Waals surface area contributed by atoms with Gasteiger partial charge >= 0.3 is 0 Å². The van der Waals surface area contributed by atoms with Crippen LogP contribution in [-0.2, 0) is 0 Å². The number of rotatable bonds is 2. The van der Waals surface area contributed by atoms with E-state index < -0.39 is 0 Å². The van der Waals surface area contributed by atoms with Gasteiger partial charge < -0.3 is 10.1 Å². The van der Waals surface area contributed by atoms with Gasteiger partial charge in [0.25, 0.3) is 0 Å². The molecule has 0 spiro atoms. The molecule has 2 aromatic carbocycles. The molecule has 0 aliphatic carbocycles. The van der Waals surface area contributed by atoms with Crippen molar-refractivity contribution < 1.29 is 5.21 Å². The van der Waals surface area contributed by atoms with E-state index in [1.807, 2.05) is 24.3 Å². The molecule has 1 aliphatic rings. The largest absolute Gasteiger partial charge is 0.411 e. The van der Waals surface area contributed by atoms with Crippen molar-refractivity contribution in [1.29, 1.82) is 0 Å². The van der Waals surface area contributed by atoms with Gasteiger partial charge in [-0.05, 0) is 24.3 Å². The number of hydrogen-bond acceptors (Lipinski definition) is 4. The summed E-state index contributed by atoms with van der Waals surface area (Å²) < 4.78 is 0. The fraction of sp³-hybridized carbons (Fsp3) is 0.0714. The molecule has 1 aliphatic heterocycles. The highest BCUT2D eigenvalue weighted by Crippen LogP contribution is 2.47. The number of hydrogen-bond donors (Lipinski definition) is 1. The zero-order valence-corrected chi connectivity index (χ0v) is 10.5. The fourth-order valence-corrected chi connectivity index (χ4v) is 3.19. The molecule has 1 N–H and O–H groups in total. The first-order chi connectivity index (χ1) is 8.90. The summed E-state index contributed by atoms with van der Waals surface area (Å²) in [6, 6.07) is 16.5. The van der Waals surface area contributed by atoms with Gasteiger partial charge in [-0.15, -0.1) is 5.16 Å². The van der Waals surface area contributed by atoms with Crippen molar-refractivity contribution in [2.75, 3.05) is 11.4 Å². The number of para-hydroxylation sites is 2. The van der Waals surface area contributed by atoms with Crippen LogP contribution in [-0.4, -0.2) is 18.0 Å². The lowest BCUT2D eigenvalue weighted by molar-refractivity contribution is 0.321. The molecule has 18 heavy (non-hydrogen) atoms. The molecule has 0 saturated carbocycles. The van der Waals surface area contributed by atoms with Gasteiger partial charge in [-0.1, -0.05) is 36.0 Å².